The van der Waals surface area contributed by atoms with Crippen LogP contribution in [0.3, 0.4) is 0 Å². The van der Waals surface area contributed by atoms with Gasteiger partial charge in [-0.05, 0) is 18.6 Å². The van der Waals surface area contributed by atoms with E-state index in [0.717, 1.165) is 5.56 Å². The maximum absolute atomic E-state index is 13.0. The summed E-state index contributed by atoms with van der Waals surface area (Å²) in [5.41, 5.74) is 1.82. The number of benzene rings is 2. The number of hydrogen-bond acceptors (Lipinski definition) is 6. The van der Waals surface area contributed by atoms with Gasteiger partial charge in [0.15, 0.2) is 12.2 Å². The van der Waals surface area contributed by atoms with Gasteiger partial charge in [0.2, 0.25) is 0 Å². The Hall–Kier alpha value is -3.61. The first kappa shape index (κ1) is 20.1. The lowest BCUT2D eigenvalue weighted by Crippen LogP contribution is -2.13. The summed E-state index contributed by atoms with van der Waals surface area (Å²) in [5, 5.41) is 0.637. The standard InChI is InChI=1S/C22H22N2O5/c1-3-28-19(25)13-24-18-12-8-7-11-17(18)20(21(24)23-15-27-2)22(26)29-14-16-9-5-4-6-10-16/h4-12,15H,3,13-14H2,1-2H3/b23-15+. The van der Waals surface area contributed by atoms with E-state index in [-0.39, 0.29) is 31.1 Å². The van der Waals surface area contributed by atoms with E-state index in [0.29, 0.717) is 10.9 Å². The molecule has 0 saturated carbocycles. The number of methoxy groups -OCH3 is 1. The van der Waals surface area contributed by atoms with Gasteiger partial charge in [0, 0.05) is 5.39 Å². The van der Waals surface area contributed by atoms with Crippen LogP contribution in [-0.2, 0) is 32.2 Å². The topological polar surface area (TPSA) is 79.1 Å². The number of nitrogens with zero attached hydrogens (tertiary/aromatic N) is 2. The average molecular weight is 394 g/mol. The van der Waals surface area contributed by atoms with Crippen molar-refractivity contribution < 1.29 is 23.8 Å². The Kier molecular flexibility index (Phi) is 6.63. The van der Waals surface area contributed by atoms with E-state index >= 15 is 0 Å². The highest BCUT2D eigenvalue weighted by Crippen LogP contribution is 2.33. The maximum Gasteiger partial charge on any atom is 0.342 e. The van der Waals surface area contributed by atoms with E-state index < -0.39 is 11.9 Å². The second-order valence-corrected chi connectivity index (χ2v) is 6.14. The van der Waals surface area contributed by atoms with Gasteiger partial charge in [0.1, 0.15) is 18.7 Å². The zero-order valence-electron chi connectivity index (χ0n) is 16.3. The molecule has 0 atom stereocenters. The zero-order chi connectivity index (χ0) is 20.6. The molecule has 0 bridgehead atoms. The molecule has 0 aliphatic carbocycles. The molecule has 0 saturated heterocycles. The summed E-state index contributed by atoms with van der Waals surface area (Å²) >= 11 is 0. The first-order valence-corrected chi connectivity index (χ1v) is 9.19. The molecular formula is C22H22N2O5. The summed E-state index contributed by atoms with van der Waals surface area (Å²) in [6.45, 7) is 2.05. The first-order valence-electron chi connectivity index (χ1n) is 9.19. The van der Waals surface area contributed by atoms with Crippen molar-refractivity contribution in [3.63, 3.8) is 0 Å². The number of carbonyl (C=O) groups excluding carboxylic acids is 2. The van der Waals surface area contributed by atoms with Crippen molar-refractivity contribution in [1.82, 2.24) is 4.57 Å². The summed E-state index contributed by atoms with van der Waals surface area (Å²) in [5.74, 6) is -0.679. The quantitative estimate of drug-likeness (QED) is 0.329. The minimum atomic E-state index is -0.532. The number of para-hydroxylation sites is 1. The molecule has 1 heterocycles. The fraction of sp³-hybridized carbons (Fsp3) is 0.227. The fourth-order valence-corrected chi connectivity index (χ4v) is 3.02. The molecule has 0 aliphatic rings. The van der Waals surface area contributed by atoms with Gasteiger partial charge in [-0.3, -0.25) is 4.79 Å². The van der Waals surface area contributed by atoms with E-state index in [1.165, 1.54) is 13.5 Å². The van der Waals surface area contributed by atoms with Crippen LogP contribution in [0.25, 0.3) is 10.9 Å². The third-order valence-electron chi connectivity index (χ3n) is 4.23. The van der Waals surface area contributed by atoms with Crippen LogP contribution >= 0.6 is 0 Å². The van der Waals surface area contributed by atoms with Gasteiger partial charge in [-0.15, -0.1) is 0 Å². The number of hydrogen-bond donors (Lipinski definition) is 0. The van der Waals surface area contributed by atoms with Crippen molar-refractivity contribution in [3.8, 4) is 0 Å². The van der Waals surface area contributed by atoms with Crippen molar-refractivity contribution in [3.05, 3.63) is 65.7 Å². The van der Waals surface area contributed by atoms with Crippen LogP contribution in [0, 0.1) is 0 Å². The van der Waals surface area contributed by atoms with Crippen LogP contribution in [-0.4, -0.2) is 36.6 Å². The Morgan fingerprint density at radius 2 is 1.76 bits per heavy atom. The lowest BCUT2D eigenvalue weighted by Gasteiger charge is -2.08. The molecule has 29 heavy (non-hydrogen) atoms. The lowest BCUT2D eigenvalue weighted by molar-refractivity contribution is -0.143. The maximum atomic E-state index is 13.0. The Labute approximate surface area is 168 Å². The number of aliphatic imine (C=N–C) groups is 1. The molecule has 150 valence electrons. The normalized spacial score (nSPS) is 11.0. The fourth-order valence-electron chi connectivity index (χ4n) is 3.02. The molecule has 0 aliphatic heterocycles. The van der Waals surface area contributed by atoms with Gasteiger partial charge in [0.25, 0.3) is 0 Å². The number of rotatable bonds is 8. The molecule has 7 nitrogen and oxygen atoms in total. The minimum Gasteiger partial charge on any atom is -0.486 e. The molecule has 3 rings (SSSR count). The van der Waals surface area contributed by atoms with Gasteiger partial charge in [-0.25, -0.2) is 9.79 Å². The molecule has 7 heteroatoms. The molecule has 3 aromatic rings. The molecule has 0 spiro atoms. The van der Waals surface area contributed by atoms with Gasteiger partial charge >= 0.3 is 11.9 Å². The number of ether oxygens (including phenoxy) is 3. The first-order chi connectivity index (χ1) is 14.2. The van der Waals surface area contributed by atoms with Gasteiger partial charge in [0.05, 0.1) is 19.2 Å². The van der Waals surface area contributed by atoms with Crippen LogP contribution in [0.2, 0.25) is 0 Å². The zero-order valence-corrected chi connectivity index (χ0v) is 16.3. The van der Waals surface area contributed by atoms with Crippen molar-refractivity contribution in [2.45, 2.75) is 20.1 Å². The second-order valence-electron chi connectivity index (χ2n) is 6.14. The van der Waals surface area contributed by atoms with Crippen LogP contribution in [0.1, 0.15) is 22.8 Å². The highest BCUT2D eigenvalue weighted by molar-refractivity contribution is 6.09. The molecular weight excluding hydrogens is 372 g/mol. The van der Waals surface area contributed by atoms with Crippen LogP contribution < -0.4 is 0 Å². The minimum absolute atomic E-state index is 0.0866. The highest BCUT2D eigenvalue weighted by Gasteiger charge is 2.25. The Morgan fingerprint density at radius 3 is 2.48 bits per heavy atom. The van der Waals surface area contributed by atoms with E-state index in [4.69, 9.17) is 14.2 Å². The predicted molar refractivity (Wildman–Crippen MR) is 109 cm³/mol. The third-order valence-corrected chi connectivity index (χ3v) is 4.23. The van der Waals surface area contributed by atoms with E-state index in [1.54, 1.807) is 17.6 Å². The number of aromatic nitrogens is 1. The summed E-state index contributed by atoms with van der Waals surface area (Å²) in [4.78, 5) is 29.4. The van der Waals surface area contributed by atoms with Gasteiger partial charge in [-0.1, -0.05) is 48.5 Å². The summed E-state index contributed by atoms with van der Waals surface area (Å²) in [6.07, 6.45) is 1.21. The monoisotopic (exact) mass is 394 g/mol. The summed E-state index contributed by atoms with van der Waals surface area (Å²) < 4.78 is 17.2. The predicted octanol–water partition coefficient (Wildman–Crippen LogP) is 3.87. The molecule has 0 N–H and O–H groups in total. The number of fused-ring (bicyclic) bond motifs is 1. The molecule has 2 aromatic carbocycles. The summed E-state index contributed by atoms with van der Waals surface area (Å²) in [7, 11) is 1.45. The highest BCUT2D eigenvalue weighted by atomic mass is 16.5. The smallest absolute Gasteiger partial charge is 0.342 e. The Balaban J connectivity index is 2.03. The molecule has 0 fully saturated rings. The largest absolute Gasteiger partial charge is 0.486 e. The third kappa shape index (κ3) is 4.63. The van der Waals surface area contributed by atoms with Crippen molar-refractivity contribution >= 4 is 35.1 Å². The Morgan fingerprint density at radius 1 is 1.03 bits per heavy atom. The van der Waals surface area contributed by atoms with Gasteiger partial charge < -0.3 is 18.8 Å². The van der Waals surface area contributed by atoms with Crippen molar-refractivity contribution in [1.29, 1.82) is 0 Å². The molecule has 1 aromatic heterocycles. The second kappa shape index (κ2) is 9.54. The average Bonchev–Trinajstić information content (AvgIpc) is 3.04. The Bertz CT molecular complexity index is 1020. The van der Waals surface area contributed by atoms with E-state index in [9.17, 15) is 9.59 Å². The number of esters is 2. The van der Waals surface area contributed by atoms with E-state index in [1.807, 2.05) is 48.5 Å². The van der Waals surface area contributed by atoms with Gasteiger partial charge in [-0.2, -0.15) is 0 Å². The van der Waals surface area contributed by atoms with Crippen LogP contribution in [0.4, 0.5) is 5.82 Å². The molecule has 0 radical (unpaired) electrons. The van der Waals surface area contributed by atoms with Crippen LogP contribution in [0.5, 0.6) is 0 Å². The molecule has 0 unspecified atom stereocenters. The lowest BCUT2D eigenvalue weighted by atomic mass is 10.1. The van der Waals surface area contributed by atoms with Crippen LogP contribution in [0.15, 0.2) is 59.6 Å². The SMILES string of the molecule is CCOC(=O)Cn1c(/N=C/OC)c(C(=O)OCc2ccccc2)c2ccccc21. The van der Waals surface area contributed by atoms with E-state index in [2.05, 4.69) is 4.99 Å². The van der Waals surface area contributed by atoms with Crippen molar-refractivity contribution in [2.75, 3.05) is 13.7 Å². The van der Waals surface area contributed by atoms with Crippen molar-refractivity contribution in [2.24, 2.45) is 4.99 Å². The summed E-state index contributed by atoms with van der Waals surface area (Å²) in [6, 6.07) is 16.7. The molecule has 0 amide bonds. The number of carbonyl (C=O) groups is 2.